The predicted octanol–water partition coefficient (Wildman–Crippen LogP) is 4.48. The molecule has 0 heterocycles. The summed E-state index contributed by atoms with van der Waals surface area (Å²) in [5.41, 5.74) is 2.95. The molecule has 0 saturated heterocycles. The lowest BCUT2D eigenvalue weighted by molar-refractivity contribution is 0.592. The third kappa shape index (κ3) is 3.02. The van der Waals surface area contributed by atoms with E-state index in [-0.39, 0.29) is 0 Å². The maximum atomic E-state index is 4.23. The molecule has 1 rings (SSSR count). The Hall–Kier alpha value is -0.520. The van der Waals surface area contributed by atoms with E-state index in [9.17, 15) is 0 Å². The number of allylic oxidation sites excluding steroid dienone is 3. The van der Waals surface area contributed by atoms with Gasteiger partial charge < -0.3 is 0 Å². The molecule has 0 aromatic heterocycles. The fourth-order valence-electron chi connectivity index (χ4n) is 2.05. The van der Waals surface area contributed by atoms with Gasteiger partial charge in [-0.05, 0) is 49.2 Å². The zero-order chi connectivity index (χ0) is 9.68. The summed E-state index contributed by atoms with van der Waals surface area (Å²) in [4.78, 5) is 0. The third-order valence-corrected chi connectivity index (χ3v) is 3.02. The van der Waals surface area contributed by atoms with Gasteiger partial charge >= 0.3 is 0 Å². The van der Waals surface area contributed by atoms with E-state index in [1.807, 2.05) is 0 Å². The van der Waals surface area contributed by atoms with E-state index in [0.29, 0.717) is 5.92 Å². The molecular formula is C13H22. The Bertz CT molecular complexity index is 198. The van der Waals surface area contributed by atoms with Crippen molar-refractivity contribution in [3.8, 4) is 0 Å². The summed E-state index contributed by atoms with van der Waals surface area (Å²) in [6, 6.07) is 0. The van der Waals surface area contributed by atoms with Gasteiger partial charge in [-0.3, -0.25) is 0 Å². The van der Waals surface area contributed by atoms with E-state index < -0.39 is 0 Å². The van der Waals surface area contributed by atoms with Crippen molar-refractivity contribution in [1.29, 1.82) is 0 Å². The normalized spacial score (nSPS) is 19.4. The fraction of sp³-hybridized carbons (Fsp3) is 0.692. The summed E-state index contributed by atoms with van der Waals surface area (Å²) >= 11 is 0. The van der Waals surface area contributed by atoms with Gasteiger partial charge in [0, 0.05) is 0 Å². The lowest BCUT2D eigenvalue weighted by Crippen LogP contribution is -2.03. The molecule has 0 N–H and O–H groups in total. The summed E-state index contributed by atoms with van der Waals surface area (Å²) in [6.45, 7) is 8.78. The van der Waals surface area contributed by atoms with E-state index in [4.69, 9.17) is 0 Å². The van der Waals surface area contributed by atoms with Crippen LogP contribution in [0.25, 0.3) is 0 Å². The first-order chi connectivity index (χ1) is 6.25. The van der Waals surface area contributed by atoms with Gasteiger partial charge in [-0.15, -0.1) is 0 Å². The Morgan fingerprint density at radius 2 is 2.31 bits per heavy atom. The average Bonchev–Trinajstić information content (AvgIpc) is 2.18. The molecule has 0 aliphatic heterocycles. The molecule has 1 unspecified atom stereocenters. The molecule has 0 fully saturated rings. The highest BCUT2D eigenvalue weighted by Crippen LogP contribution is 2.29. The van der Waals surface area contributed by atoms with Crippen LogP contribution < -0.4 is 0 Å². The minimum Gasteiger partial charge on any atom is -0.0953 e. The van der Waals surface area contributed by atoms with Crippen molar-refractivity contribution in [1.82, 2.24) is 0 Å². The van der Waals surface area contributed by atoms with Crippen LogP contribution in [0.2, 0.25) is 0 Å². The highest BCUT2D eigenvalue weighted by molar-refractivity contribution is 5.30. The maximum Gasteiger partial charge on any atom is -0.0194 e. The molecule has 0 saturated carbocycles. The Balaban J connectivity index is 2.50. The molecule has 0 aromatic carbocycles. The first kappa shape index (κ1) is 10.6. The summed E-state index contributed by atoms with van der Waals surface area (Å²) in [5, 5.41) is 0. The van der Waals surface area contributed by atoms with E-state index in [2.05, 4.69) is 26.5 Å². The zero-order valence-electron chi connectivity index (χ0n) is 9.10. The van der Waals surface area contributed by atoms with E-state index in [0.717, 1.165) is 0 Å². The van der Waals surface area contributed by atoms with E-state index in [1.165, 1.54) is 44.1 Å². The standard InChI is InChI=1S/C13H22/c1-4-8-11(2)12(3)13-9-6-5-7-10-13/h9,11H,3-8,10H2,1-2H3. The molecule has 74 valence electrons. The van der Waals surface area contributed by atoms with Crippen molar-refractivity contribution >= 4 is 0 Å². The zero-order valence-corrected chi connectivity index (χ0v) is 9.10. The van der Waals surface area contributed by atoms with Crippen LogP contribution in [0.1, 0.15) is 52.4 Å². The van der Waals surface area contributed by atoms with Crippen molar-refractivity contribution in [3.05, 3.63) is 23.8 Å². The maximum absolute atomic E-state index is 4.23. The van der Waals surface area contributed by atoms with Gasteiger partial charge in [0.2, 0.25) is 0 Å². The molecule has 0 heteroatoms. The quantitative estimate of drug-likeness (QED) is 0.595. The largest absolute Gasteiger partial charge is 0.0953 e. The highest BCUT2D eigenvalue weighted by atomic mass is 14.2. The molecule has 1 aliphatic rings. The van der Waals surface area contributed by atoms with Crippen LogP contribution >= 0.6 is 0 Å². The first-order valence-corrected chi connectivity index (χ1v) is 5.64. The van der Waals surface area contributed by atoms with Crippen LogP contribution in [0.15, 0.2) is 23.8 Å². The molecule has 0 aromatic rings. The Morgan fingerprint density at radius 1 is 1.54 bits per heavy atom. The van der Waals surface area contributed by atoms with Crippen molar-refractivity contribution in [3.63, 3.8) is 0 Å². The predicted molar refractivity (Wildman–Crippen MR) is 59.8 cm³/mol. The van der Waals surface area contributed by atoms with E-state index in [1.54, 1.807) is 5.57 Å². The van der Waals surface area contributed by atoms with Crippen molar-refractivity contribution in [2.45, 2.75) is 52.4 Å². The Morgan fingerprint density at radius 3 is 2.85 bits per heavy atom. The van der Waals surface area contributed by atoms with Gasteiger partial charge in [-0.25, -0.2) is 0 Å². The summed E-state index contributed by atoms with van der Waals surface area (Å²) in [5.74, 6) is 0.689. The molecule has 0 spiro atoms. The number of hydrogen-bond acceptors (Lipinski definition) is 0. The van der Waals surface area contributed by atoms with Crippen LogP contribution in [-0.2, 0) is 0 Å². The topological polar surface area (TPSA) is 0 Å². The highest BCUT2D eigenvalue weighted by Gasteiger charge is 2.12. The second-order valence-electron chi connectivity index (χ2n) is 4.19. The Kier molecular flexibility index (Phi) is 4.27. The van der Waals surface area contributed by atoms with Crippen LogP contribution in [0.5, 0.6) is 0 Å². The summed E-state index contributed by atoms with van der Waals surface area (Å²) in [7, 11) is 0. The Labute approximate surface area is 82.7 Å². The number of hydrogen-bond donors (Lipinski definition) is 0. The smallest absolute Gasteiger partial charge is 0.0194 e. The van der Waals surface area contributed by atoms with Gasteiger partial charge in [-0.2, -0.15) is 0 Å². The molecule has 13 heavy (non-hydrogen) atoms. The van der Waals surface area contributed by atoms with Crippen molar-refractivity contribution in [2.24, 2.45) is 5.92 Å². The minimum absolute atomic E-state index is 0.689. The second kappa shape index (κ2) is 5.26. The molecule has 1 aliphatic carbocycles. The van der Waals surface area contributed by atoms with Gasteiger partial charge in [0.05, 0.1) is 0 Å². The monoisotopic (exact) mass is 178 g/mol. The van der Waals surface area contributed by atoms with Crippen LogP contribution in [-0.4, -0.2) is 0 Å². The van der Waals surface area contributed by atoms with Crippen molar-refractivity contribution in [2.75, 3.05) is 0 Å². The van der Waals surface area contributed by atoms with Gasteiger partial charge in [0.15, 0.2) is 0 Å². The lowest BCUT2D eigenvalue weighted by atomic mass is 9.86. The van der Waals surface area contributed by atoms with Crippen LogP contribution in [0.3, 0.4) is 0 Å². The molecule has 0 nitrogen and oxygen atoms in total. The molecule has 0 radical (unpaired) electrons. The first-order valence-electron chi connectivity index (χ1n) is 5.64. The van der Waals surface area contributed by atoms with Crippen LogP contribution in [0.4, 0.5) is 0 Å². The van der Waals surface area contributed by atoms with Crippen LogP contribution in [0, 0.1) is 5.92 Å². The molecule has 1 atom stereocenters. The van der Waals surface area contributed by atoms with Gasteiger partial charge in [-0.1, -0.05) is 32.9 Å². The average molecular weight is 178 g/mol. The minimum atomic E-state index is 0.689. The summed E-state index contributed by atoms with van der Waals surface area (Å²) < 4.78 is 0. The third-order valence-electron chi connectivity index (χ3n) is 3.02. The lowest BCUT2D eigenvalue weighted by Gasteiger charge is -2.20. The molecular weight excluding hydrogens is 156 g/mol. The SMILES string of the molecule is C=C(C1=CCCCC1)C(C)CCC. The number of rotatable bonds is 4. The summed E-state index contributed by atoms with van der Waals surface area (Å²) in [6.07, 6.45) is 10.2. The van der Waals surface area contributed by atoms with Gasteiger partial charge in [0.25, 0.3) is 0 Å². The van der Waals surface area contributed by atoms with Crippen molar-refractivity contribution < 1.29 is 0 Å². The fourth-order valence-corrected chi connectivity index (χ4v) is 2.05. The molecule has 0 bridgehead atoms. The van der Waals surface area contributed by atoms with Gasteiger partial charge in [0.1, 0.15) is 0 Å². The molecule has 0 amide bonds. The van der Waals surface area contributed by atoms with E-state index >= 15 is 0 Å². The second-order valence-corrected chi connectivity index (χ2v) is 4.19.